The Kier molecular flexibility index (Phi) is 3.60. The van der Waals surface area contributed by atoms with Gasteiger partial charge in [0, 0.05) is 56.9 Å². The summed E-state index contributed by atoms with van der Waals surface area (Å²) in [6, 6.07) is 0.337. The topological polar surface area (TPSA) is 59.3 Å². The predicted octanol–water partition coefficient (Wildman–Crippen LogP) is 0.929. The van der Waals surface area contributed by atoms with Crippen molar-refractivity contribution in [2.75, 3.05) is 19.8 Å². The van der Waals surface area contributed by atoms with Crippen LogP contribution in [0.25, 0.3) is 0 Å². The average molecular weight is 265 g/mol. The van der Waals surface area contributed by atoms with Crippen LogP contribution in [0.2, 0.25) is 0 Å². The molecule has 2 aliphatic rings. The van der Waals surface area contributed by atoms with Crippen molar-refractivity contribution in [2.45, 2.75) is 43.7 Å². The first kappa shape index (κ1) is 13.1. The third-order valence-electron chi connectivity index (χ3n) is 4.48. The van der Waals surface area contributed by atoms with Crippen LogP contribution in [0.15, 0.2) is 6.20 Å². The number of hydrogen-bond acceptors (Lipinski definition) is 4. The molecule has 106 valence electrons. The maximum Gasteiger partial charge on any atom is 0.0815 e. The molecule has 1 saturated heterocycles. The second-order valence-electron chi connectivity index (χ2n) is 5.83. The van der Waals surface area contributed by atoms with Crippen molar-refractivity contribution in [3.63, 3.8) is 0 Å². The maximum atomic E-state index is 10.5. The summed E-state index contributed by atoms with van der Waals surface area (Å²) in [5.41, 5.74) is 2.05. The molecule has 1 unspecified atom stereocenters. The van der Waals surface area contributed by atoms with Crippen molar-refractivity contribution in [1.82, 2.24) is 15.1 Å². The van der Waals surface area contributed by atoms with E-state index in [4.69, 9.17) is 4.74 Å². The number of rotatable bonds is 3. The summed E-state index contributed by atoms with van der Waals surface area (Å²) in [5, 5.41) is 18.4. The first-order valence-electron chi connectivity index (χ1n) is 7.22. The van der Waals surface area contributed by atoms with Gasteiger partial charge < -0.3 is 15.2 Å². The minimum absolute atomic E-state index is 0.337. The van der Waals surface area contributed by atoms with Crippen LogP contribution < -0.4 is 5.32 Å². The van der Waals surface area contributed by atoms with Crippen LogP contribution in [0, 0.1) is 0 Å². The third kappa shape index (κ3) is 2.68. The van der Waals surface area contributed by atoms with Gasteiger partial charge in [0.1, 0.15) is 0 Å². The Balaban J connectivity index is 1.64. The van der Waals surface area contributed by atoms with Crippen molar-refractivity contribution in [2.24, 2.45) is 7.05 Å². The molecule has 0 amide bonds. The van der Waals surface area contributed by atoms with Crippen molar-refractivity contribution in [3.05, 3.63) is 17.5 Å². The van der Waals surface area contributed by atoms with Gasteiger partial charge in [0.2, 0.25) is 0 Å². The van der Waals surface area contributed by atoms with Crippen LogP contribution in [0.4, 0.5) is 0 Å². The van der Waals surface area contributed by atoms with Crippen LogP contribution >= 0.6 is 0 Å². The lowest BCUT2D eigenvalue weighted by molar-refractivity contribution is -0.0630. The summed E-state index contributed by atoms with van der Waals surface area (Å²) in [7, 11) is 2.01. The fourth-order valence-electron chi connectivity index (χ4n) is 3.16. The second kappa shape index (κ2) is 5.23. The molecule has 0 bridgehead atoms. The third-order valence-corrected chi connectivity index (χ3v) is 4.48. The summed E-state index contributed by atoms with van der Waals surface area (Å²) < 4.78 is 7.29. The molecule has 5 nitrogen and oxygen atoms in total. The number of ether oxygens (including phenoxy) is 1. The molecule has 1 aromatic heterocycles. The van der Waals surface area contributed by atoms with E-state index < -0.39 is 5.60 Å². The highest BCUT2D eigenvalue weighted by molar-refractivity contribution is 5.24. The van der Waals surface area contributed by atoms with E-state index in [0.29, 0.717) is 25.8 Å². The molecule has 0 spiro atoms. The number of nitrogens with one attached hydrogen (secondary N) is 1. The SMILES string of the molecule is Cn1ncc2c1CCCC2NCC1(O)CCOCC1. The smallest absolute Gasteiger partial charge is 0.0815 e. The fraction of sp³-hybridized carbons (Fsp3) is 0.786. The first-order valence-corrected chi connectivity index (χ1v) is 7.22. The van der Waals surface area contributed by atoms with Gasteiger partial charge in [-0.15, -0.1) is 0 Å². The minimum Gasteiger partial charge on any atom is -0.388 e. The molecule has 1 aromatic rings. The Hall–Kier alpha value is -0.910. The quantitative estimate of drug-likeness (QED) is 0.853. The molecular weight excluding hydrogens is 242 g/mol. The molecule has 5 heteroatoms. The lowest BCUT2D eigenvalue weighted by Gasteiger charge is -2.34. The van der Waals surface area contributed by atoms with E-state index in [1.807, 2.05) is 17.9 Å². The van der Waals surface area contributed by atoms with Gasteiger partial charge in [0.25, 0.3) is 0 Å². The lowest BCUT2D eigenvalue weighted by atomic mass is 9.90. The van der Waals surface area contributed by atoms with Crippen LogP contribution in [-0.4, -0.2) is 40.2 Å². The molecule has 2 heterocycles. The van der Waals surface area contributed by atoms with E-state index >= 15 is 0 Å². The maximum absolute atomic E-state index is 10.5. The molecule has 0 saturated carbocycles. The Morgan fingerprint density at radius 3 is 3.11 bits per heavy atom. The van der Waals surface area contributed by atoms with E-state index in [2.05, 4.69) is 10.4 Å². The molecule has 1 atom stereocenters. The van der Waals surface area contributed by atoms with Gasteiger partial charge >= 0.3 is 0 Å². The Morgan fingerprint density at radius 1 is 1.53 bits per heavy atom. The minimum atomic E-state index is -0.599. The van der Waals surface area contributed by atoms with Crippen LogP contribution in [0.5, 0.6) is 0 Å². The molecule has 2 N–H and O–H groups in total. The van der Waals surface area contributed by atoms with Gasteiger partial charge in [-0.05, 0) is 19.3 Å². The fourth-order valence-corrected chi connectivity index (χ4v) is 3.16. The molecule has 1 aliphatic heterocycles. The Morgan fingerprint density at radius 2 is 2.32 bits per heavy atom. The van der Waals surface area contributed by atoms with Crippen LogP contribution in [0.1, 0.15) is 43.0 Å². The number of hydrogen-bond donors (Lipinski definition) is 2. The molecular formula is C14H23N3O2. The van der Waals surface area contributed by atoms with Crippen molar-refractivity contribution >= 4 is 0 Å². The van der Waals surface area contributed by atoms with Gasteiger partial charge in [-0.2, -0.15) is 5.10 Å². The highest BCUT2D eigenvalue weighted by Crippen LogP contribution is 2.30. The van der Waals surface area contributed by atoms with Crippen LogP contribution in [-0.2, 0) is 18.2 Å². The highest BCUT2D eigenvalue weighted by atomic mass is 16.5. The van der Waals surface area contributed by atoms with Crippen molar-refractivity contribution in [3.8, 4) is 0 Å². The van der Waals surface area contributed by atoms with E-state index in [9.17, 15) is 5.11 Å². The summed E-state index contributed by atoms with van der Waals surface area (Å²) >= 11 is 0. The number of aromatic nitrogens is 2. The van der Waals surface area contributed by atoms with Gasteiger partial charge in [-0.25, -0.2) is 0 Å². The largest absolute Gasteiger partial charge is 0.388 e. The molecule has 19 heavy (non-hydrogen) atoms. The number of aryl methyl sites for hydroxylation is 1. The highest BCUT2D eigenvalue weighted by Gasteiger charge is 2.31. The number of fused-ring (bicyclic) bond motifs is 1. The van der Waals surface area contributed by atoms with Gasteiger partial charge in [0.15, 0.2) is 0 Å². The zero-order valence-corrected chi connectivity index (χ0v) is 11.6. The molecule has 1 aliphatic carbocycles. The van der Waals surface area contributed by atoms with Crippen molar-refractivity contribution < 1.29 is 9.84 Å². The van der Waals surface area contributed by atoms with Gasteiger partial charge in [-0.1, -0.05) is 0 Å². The lowest BCUT2D eigenvalue weighted by Crippen LogP contribution is -2.46. The van der Waals surface area contributed by atoms with E-state index in [1.165, 1.54) is 17.7 Å². The Bertz CT molecular complexity index is 438. The van der Waals surface area contributed by atoms with Gasteiger partial charge in [-0.3, -0.25) is 4.68 Å². The number of nitrogens with zero attached hydrogens (tertiary/aromatic N) is 2. The standard InChI is InChI=1S/C14H23N3O2/c1-17-13-4-2-3-12(11(13)9-16-17)15-10-14(18)5-7-19-8-6-14/h9,12,15,18H,2-8,10H2,1H3. The average Bonchev–Trinajstić information content (AvgIpc) is 2.80. The van der Waals surface area contributed by atoms with Gasteiger partial charge in [0.05, 0.1) is 11.8 Å². The molecule has 0 aromatic carbocycles. The van der Waals surface area contributed by atoms with Crippen LogP contribution in [0.3, 0.4) is 0 Å². The van der Waals surface area contributed by atoms with E-state index in [-0.39, 0.29) is 0 Å². The zero-order chi connectivity index (χ0) is 13.3. The van der Waals surface area contributed by atoms with Crippen molar-refractivity contribution in [1.29, 1.82) is 0 Å². The molecule has 3 rings (SSSR count). The summed E-state index contributed by atoms with van der Waals surface area (Å²) in [6.07, 6.45) is 6.86. The second-order valence-corrected chi connectivity index (χ2v) is 5.83. The number of aliphatic hydroxyl groups is 1. The predicted molar refractivity (Wildman–Crippen MR) is 71.9 cm³/mol. The monoisotopic (exact) mass is 265 g/mol. The zero-order valence-electron chi connectivity index (χ0n) is 11.6. The molecule has 0 radical (unpaired) electrons. The molecule has 1 fully saturated rings. The summed E-state index contributed by atoms with van der Waals surface area (Å²) in [6.45, 7) is 1.98. The summed E-state index contributed by atoms with van der Waals surface area (Å²) in [5.74, 6) is 0. The van der Waals surface area contributed by atoms with E-state index in [0.717, 1.165) is 25.7 Å². The normalized spacial score (nSPS) is 26.1. The Labute approximate surface area is 113 Å². The van der Waals surface area contributed by atoms with E-state index in [1.54, 1.807) is 0 Å². The summed E-state index contributed by atoms with van der Waals surface area (Å²) in [4.78, 5) is 0. The first-order chi connectivity index (χ1) is 9.18.